The number of methoxy groups -OCH3 is 1. The maximum absolute atomic E-state index is 13.7. The molecule has 1 aliphatic rings. The van der Waals surface area contributed by atoms with Crippen molar-refractivity contribution < 1.29 is 14.4 Å². The molecule has 3 aromatic rings. The number of nitrogens with one attached hydrogen (secondary N) is 2. The van der Waals surface area contributed by atoms with E-state index in [4.69, 9.17) is 15.9 Å². The molecule has 136 valence electrons. The number of guanidine groups is 1. The van der Waals surface area contributed by atoms with Crippen LogP contribution in [0.25, 0.3) is 10.9 Å². The van der Waals surface area contributed by atoms with Crippen molar-refractivity contribution in [2.24, 2.45) is 15.7 Å². The highest BCUT2D eigenvalue weighted by Crippen LogP contribution is 2.26. The molecule has 0 bridgehead atoms. The number of benzene rings is 2. The first-order valence-corrected chi connectivity index (χ1v) is 8.32. The second kappa shape index (κ2) is 6.65. The molecule has 0 saturated heterocycles. The maximum atomic E-state index is 13.7. The van der Waals surface area contributed by atoms with Crippen LogP contribution in [0.5, 0.6) is 5.75 Å². The smallest absolute Gasteiger partial charge is 0.243 e. The summed E-state index contributed by atoms with van der Waals surface area (Å²) in [7, 11) is 1.63. The zero-order chi connectivity index (χ0) is 19.0. The summed E-state index contributed by atoms with van der Waals surface area (Å²) in [5, 5.41) is 10.3. The van der Waals surface area contributed by atoms with Gasteiger partial charge in [0.2, 0.25) is 17.6 Å². The first-order valence-electron chi connectivity index (χ1n) is 8.32. The van der Waals surface area contributed by atoms with Crippen LogP contribution in [0.1, 0.15) is 11.1 Å². The van der Waals surface area contributed by atoms with Gasteiger partial charge in [-0.25, -0.2) is 4.39 Å². The normalized spacial score (nSPS) is 14.9. The predicted octanol–water partition coefficient (Wildman–Crippen LogP) is 1.81. The van der Waals surface area contributed by atoms with Gasteiger partial charge in [0, 0.05) is 23.2 Å². The minimum Gasteiger partial charge on any atom is -0.497 e. The molecule has 4 rings (SSSR count). The summed E-state index contributed by atoms with van der Waals surface area (Å²) in [4.78, 5) is 11.9. The maximum Gasteiger partial charge on any atom is 0.243 e. The number of halogens is 1. The highest BCUT2D eigenvalue weighted by atomic mass is 19.1. The monoisotopic (exact) mass is 365 g/mol. The minimum absolute atomic E-state index is 0.311. The van der Waals surface area contributed by atoms with Gasteiger partial charge in [0.05, 0.1) is 24.8 Å². The number of ether oxygens (including phenoxy) is 1. The Balaban J connectivity index is 1.75. The van der Waals surface area contributed by atoms with Gasteiger partial charge in [-0.1, -0.05) is 0 Å². The second-order valence-electron chi connectivity index (χ2n) is 6.19. The summed E-state index contributed by atoms with van der Waals surface area (Å²) in [6, 6.07) is 10.1. The molecule has 0 spiro atoms. The quantitative estimate of drug-likeness (QED) is 0.419. The van der Waals surface area contributed by atoms with E-state index in [1.165, 1.54) is 12.1 Å². The van der Waals surface area contributed by atoms with Gasteiger partial charge < -0.3 is 15.5 Å². The van der Waals surface area contributed by atoms with E-state index in [2.05, 4.69) is 15.0 Å². The van der Waals surface area contributed by atoms with Crippen molar-refractivity contribution in [2.75, 3.05) is 7.11 Å². The van der Waals surface area contributed by atoms with Crippen LogP contribution in [0.3, 0.4) is 0 Å². The van der Waals surface area contributed by atoms with E-state index in [-0.39, 0.29) is 11.8 Å². The molecule has 8 heteroatoms. The van der Waals surface area contributed by atoms with E-state index in [0.717, 1.165) is 22.2 Å². The van der Waals surface area contributed by atoms with E-state index in [9.17, 15) is 4.39 Å². The molecule has 0 aliphatic carbocycles. The summed E-state index contributed by atoms with van der Waals surface area (Å²) in [6.07, 6.45) is 2.43. The molecule has 0 atom stereocenters. The van der Waals surface area contributed by atoms with Crippen LogP contribution in [0, 0.1) is 11.2 Å². The first kappa shape index (κ1) is 16.9. The molecule has 27 heavy (non-hydrogen) atoms. The number of aliphatic imine (C=N–C) groups is 2. The van der Waals surface area contributed by atoms with Crippen molar-refractivity contribution in [3.05, 3.63) is 59.5 Å². The SMILES string of the molecule is COc1ccc2[nH]cc(CC3=Nc4cc(F)ccc4/C(=N/C(=N)N)[NH2+]3)c2c1. The summed E-state index contributed by atoms with van der Waals surface area (Å²) in [6.45, 7) is 0. The Bertz CT molecular complexity index is 1110. The van der Waals surface area contributed by atoms with Crippen molar-refractivity contribution in [1.29, 1.82) is 5.41 Å². The highest BCUT2D eigenvalue weighted by molar-refractivity contribution is 6.08. The lowest BCUT2D eigenvalue weighted by atomic mass is 10.1. The third-order valence-electron chi connectivity index (χ3n) is 4.39. The Morgan fingerprint density at radius 3 is 2.96 bits per heavy atom. The largest absolute Gasteiger partial charge is 0.497 e. The average molecular weight is 365 g/mol. The summed E-state index contributed by atoms with van der Waals surface area (Å²) in [5.41, 5.74) is 8.59. The topological polar surface area (TPSA) is 116 Å². The fourth-order valence-corrected chi connectivity index (χ4v) is 3.18. The fraction of sp³-hybridized carbons (Fsp3) is 0.105. The van der Waals surface area contributed by atoms with Crippen molar-refractivity contribution in [3.63, 3.8) is 0 Å². The average Bonchev–Trinajstić information content (AvgIpc) is 3.03. The Kier molecular flexibility index (Phi) is 4.17. The molecular weight excluding hydrogens is 347 g/mol. The number of hydrogen-bond acceptors (Lipinski definition) is 3. The van der Waals surface area contributed by atoms with Gasteiger partial charge >= 0.3 is 0 Å². The summed E-state index contributed by atoms with van der Waals surface area (Å²) >= 11 is 0. The molecule has 2 aromatic carbocycles. The number of hydrogen-bond donors (Lipinski definition) is 4. The van der Waals surface area contributed by atoms with E-state index in [1.54, 1.807) is 18.5 Å². The third-order valence-corrected chi connectivity index (χ3v) is 4.39. The molecule has 0 fully saturated rings. The van der Waals surface area contributed by atoms with Gasteiger partial charge in [-0.3, -0.25) is 10.7 Å². The molecular formula is C19H18FN6O+. The van der Waals surface area contributed by atoms with Crippen LogP contribution in [-0.2, 0) is 6.42 Å². The number of fused-ring (bicyclic) bond motifs is 2. The summed E-state index contributed by atoms with van der Waals surface area (Å²) < 4.78 is 19.0. The minimum atomic E-state index is -0.377. The molecule has 0 amide bonds. The van der Waals surface area contributed by atoms with Crippen LogP contribution in [0.15, 0.2) is 52.6 Å². The molecule has 6 N–H and O–H groups in total. The standard InChI is InChI=1S/C19H17FN6O/c1-27-12-3-5-15-14(8-12)10(9-23-15)6-17-24-16-7-11(20)2-4-13(16)18(25-17)26-19(21)22/h2-5,7-9,23H,6H2,1H3,(H4,21,22,24,25,26)/p+1. The Hall–Kier alpha value is -3.52. The van der Waals surface area contributed by atoms with Gasteiger partial charge in [-0.05, 0) is 35.9 Å². The molecule has 7 nitrogen and oxygen atoms in total. The number of nitrogens with two attached hydrogens (primary N) is 2. The van der Waals surface area contributed by atoms with Crippen molar-refractivity contribution in [1.82, 2.24) is 4.98 Å². The highest BCUT2D eigenvalue weighted by Gasteiger charge is 2.24. The van der Waals surface area contributed by atoms with E-state index < -0.39 is 0 Å². The van der Waals surface area contributed by atoms with Gasteiger partial charge in [-0.15, -0.1) is 0 Å². The van der Waals surface area contributed by atoms with E-state index in [1.807, 2.05) is 24.4 Å². The number of quaternary nitrogens is 1. The van der Waals surface area contributed by atoms with Crippen LogP contribution in [-0.4, -0.2) is 29.7 Å². The van der Waals surface area contributed by atoms with Crippen LogP contribution in [0.4, 0.5) is 10.1 Å². The first-order chi connectivity index (χ1) is 13.0. The van der Waals surface area contributed by atoms with E-state index >= 15 is 0 Å². The zero-order valence-electron chi connectivity index (χ0n) is 14.6. The van der Waals surface area contributed by atoms with Crippen molar-refractivity contribution in [3.8, 4) is 5.75 Å². The number of amidine groups is 2. The van der Waals surface area contributed by atoms with Gasteiger partial charge in [-0.2, -0.15) is 9.98 Å². The van der Waals surface area contributed by atoms with Crippen LogP contribution >= 0.6 is 0 Å². The molecule has 0 unspecified atom stereocenters. The Morgan fingerprint density at radius 2 is 2.19 bits per heavy atom. The van der Waals surface area contributed by atoms with E-state index in [0.29, 0.717) is 29.3 Å². The number of H-pyrrole nitrogens is 1. The third kappa shape index (κ3) is 3.30. The van der Waals surface area contributed by atoms with Gasteiger partial charge in [0.15, 0.2) is 0 Å². The Morgan fingerprint density at radius 1 is 1.33 bits per heavy atom. The molecule has 1 aliphatic heterocycles. The zero-order valence-corrected chi connectivity index (χ0v) is 14.6. The molecule has 0 radical (unpaired) electrons. The van der Waals surface area contributed by atoms with Gasteiger partial charge in [0.25, 0.3) is 0 Å². The number of nitrogens with zero attached hydrogens (tertiary/aromatic N) is 2. The predicted molar refractivity (Wildman–Crippen MR) is 102 cm³/mol. The van der Waals surface area contributed by atoms with Crippen LogP contribution < -0.4 is 15.8 Å². The molecule has 2 heterocycles. The van der Waals surface area contributed by atoms with Crippen molar-refractivity contribution >= 4 is 34.2 Å². The second-order valence-corrected chi connectivity index (χ2v) is 6.19. The summed E-state index contributed by atoms with van der Waals surface area (Å²) in [5.74, 6) is 1.29. The lowest BCUT2D eigenvalue weighted by Crippen LogP contribution is -2.93. The Labute approximate surface area is 154 Å². The number of aromatic amines is 1. The molecule has 0 saturated carbocycles. The van der Waals surface area contributed by atoms with Gasteiger partial charge in [0.1, 0.15) is 11.6 Å². The van der Waals surface area contributed by atoms with Crippen LogP contribution in [0.2, 0.25) is 0 Å². The fourth-order valence-electron chi connectivity index (χ4n) is 3.18. The lowest BCUT2D eigenvalue weighted by Gasteiger charge is -2.14. The van der Waals surface area contributed by atoms with Crippen molar-refractivity contribution in [2.45, 2.75) is 6.42 Å². The number of aromatic nitrogens is 1. The number of rotatable bonds is 3. The molecule has 1 aromatic heterocycles. The lowest BCUT2D eigenvalue weighted by molar-refractivity contribution is -0.409.